The Labute approximate surface area is 196 Å². The van der Waals surface area contributed by atoms with Gasteiger partial charge in [-0.15, -0.1) is 0 Å². The van der Waals surface area contributed by atoms with E-state index in [2.05, 4.69) is 10.6 Å². The normalized spacial score (nSPS) is 28.1. The lowest BCUT2D eigenvalue weighted by Crippen LogP contribution is -2.53. The molecule has 0 aromatic heterocycles. The van der Waals surface area contributed by atoms with Crippen molar-refractivity contribution in [2.24, 2.45) is 23.2 Å². The van der Waals surface area contributed by atoms with Gasteiger partial charge in [0.05, 0.1) is 22.1 Å². The van der Waals surface area contributed by atoms with Gasteiger partial charge < -0.3 is 15.4 Å². The number of hydrogen-bond donors (Lipinski definition) is 2. The van der Waals surface area contributed by atoms with Crippen LogP contribution in [-0.2, 0) is 19.1 Å². The Morgan fingerprint density at radius 2 is 1.79 bits per heavy atom. The van der Waals surface area contributed by atoms with Crippen LogP contribution >= 0.6 is 11.6 Å². The second kappa shape index (κ2) is 9.29. The van der Waals surface area contributed by atoms with Crippen molar-refractivity contribution < 1.29 is 24.0 Å². The summed E-state index contributed by atoms with van der Waals surface area (Å²) in [6.45, 7) is 1.55. The van der Waals surface area contributed by atoms with Gasteiger partial charge in [0.2, 0.25) is 5.91 Å². The van der Waals surface area contributed by atoms with Gasteiger partial charge in [0.25, 0.3) is 11.6 Å². The van der Waals surface area contributed by atoms with Gasteiger partial charge >= 0.3 is 5.97 Å². The monoisotopic (exact) mass is 477 g/mol. The number of nitro benzene ring substituents is 1. The minimum atomic E-state index is -1.13. The zero-order valence-electron chi connectivity index (χ0n) is 18.5. The van der Waals surface area contributed by atoms with Gasteiger partial charge in [-0.05, 0) is 69.3 Å². The van der Waals surface area contributed by atoms with Crippen LogP contribution in [0.25, 0.3) is 0 Å². The maximum absolute atomic E-state index is 12.9. The number of amides is 2. The molecule has 9 nitrogen and oxygen atoms in total. The molecule has 33 heavy (non-hydrogen) atoms. The van der Waals surface area contributed by atoms with E-state index in [-0.39, 0.29) is 40.7 Å². The molecule has 1 aromatic carbocycles. The van der Waals surface area contributed by atoms with E-state index in [4.69, 9.17) is 16.3 Å². The molecule has 4 aliphatic rings. The fraction of sp³-hybridized carbons (Fsp3) is 0.609. The molecule has 1 aromatic rings. The first-order valence-electron chi connectivity index (χ1n) is 11.4. The first kappa shape index (κ1) is 23.5. The van der Waals surface area contributed by atoms with E-state index in [1.807, 2.05) is 0 Å². The molecule has 4 aliphatic carbocycles. The largest absolute Gasteiger partial charge is 0.452 e. The third-order valence-corrected chi connectivity index (χ3v) is 7.56. The van der Waals surface area contributed by atoms with Crippen LogP contribution in [0.5, 0.6) is 0 Å². The molecule has 0 radical (unpaired) electrons. The number of nitro groups is 1. The predicted molar refractivity (Wildman–Crippen MR) is 121 cm³/mol. The third kappa shape index (κ3) is 5.13. The number of hydrogen-bond acceptors (Lipinski definition) is 6. The maximum Gasteiger partial charge on any atom is 0.308 e. The van der Waals surface area contributed by atoms with E-state index < -0.39 is 22.9 Å². The summed E-state index contributed by atoms with van der Waals surface area (Å²) in [5, 5.41) is 16.4. The lowest BCUT2D eigenvalue weighted by atomic mass is 9.49. The number of nitrogens with one attached hydrogen (secondary N) is 2. The Balaban J connectivity index is 1.23. The summed E-state index contributed by atoms with van der Waals surface area (Å²) in [5.74, 6) is 0.736. The van der Waals surface area contributed by atoms with Crippen molar-refractivity contribution in [2.75, 3.05) is 11.9 Å². The van der Waals surface area contributed by atoms with Crippen LogP contribution in [0.4, 0.5) is 11.4 Å². The number of halogens is 1. The molecule has 0 spiro atoms. The quantitative estimate of drug-likeness (QED) is 0.332. The first-order chi connectivity index (χ1) is 15.6. The number of carbonyl (C=O) groups excluding carboxylic acids is 3. The van der Waals surface area contributed by atoms with Crippen molar-refractivity contribution in [1.82, 2.24) is 5.32 Å². The standard InChI is InChI=1S/C23H28ClN3O6/c1-13(21(29)26-19-9-17(27(31)32)2-3-18(19)24)33-20(28)4-5-25-22(30)23-10-14-6-15(11-23)8-16(7-14)12-23/h2-3,9,13-16H,4-8,10-12H2,1H3,(H,25,30)(H,26,29). The molecule has 1 atom stereocenters. The Kier molecular flexibility index (Phi) is 6.61. The SMILES string of the molecule is CC(OC(=O)CCNC(=O)C12CC3CC(CC(C3)C1)C2)C(=O)Nc1cc([N+](=O)[O-])ccc1Cl. The van der Waals surface area contributed by atoms with E-state index >= 15 is 0 Å². The number of esters is 1. The molecule has 2 amide bonds. The average molecular weight is 478 g/mol. The minimum absolute atomic E-state index is 0.0421. The highest BCUT2D eigenvalue weighted by molar-refractivity contribution is 6.33. The third-order valence-electron chi connectivity index (χ3n) is 7.23. The molecule has 0 aliphatic heterocycles. The number of non-ortho nitro benzene ring substituents is 1. The Bertz CT molecular complexity index is 946. The van der Waals surface area contributed by atoms with Gasteiger partial charge in [-0.1, -0.05) is 11.6 Å². The summed E-state index contributed by atoms with van der Waals surface area (Å²) in [4.78, 5) is 47.8. The van der Waals surface area contributed by atoms with Crippen LogP contribution in [-0.4, -0.2) is 35.4 Å². The summed E-state index contributed by atoms with van der Waals surface area (Å²) >= 11 is 5.98. The first-order valence-corrected chi connectivity index (χ1v) is 11.8. The molecule has 2 N–H and O–H groups in total. The van der Waals surface area contributed by atoms with Crippen LogP contribution in [0.1, 0.15) is 51.9 Å². The Morgan fingerprint density at radius 1 is 1.18 bits per heavy atom. The molecule has 0 saturated heterocycles. The molecule has 4 bridgehead atoms. The summed E-state index contributed by atoms with van der Waals surface area (Å²) < 4.78 is 5.15. The van der Waals surface area contributed by atoms with E-state index in [0.29, 0.717) is 17.8 Å². The highest BCUT2D eigenvalue weighted by Crippen LogP contribution is 2.60. The number of benzene rings is 1. The van der Waals surface area contributed by atoms with Crippen molar-refractivity contribution >= 4 is 40.8 Å². The van der Waals surface area contributed by atoms with Gasteiger partial charge in [-0.3, -0.25) is 24.5 Å². The van der Waals surface area contributed by atoms with E-state index in [0.717, 1.165) is 25.3 Å². The van der Waals surface area contributed by atoms with E-state index in [9.17, 15) is 24.5 Å². The van der Waals surface area contributed by atoms with Gasteiger partial charge in [0.15, 0.2) is 6.10 Å². The van der Waals surface area contributed by atoms with Gasteiger partial charge in [-0.2, -0.15) is 0 Å². The fourth-order valence-electron chi connectivity index (χ4n) is 6.12. The van der Waals surface area contributed by atoms with Crippen LogP contribution in [0.15, 0.2) is 18.2 Å². The smallest absolute Gasteiger partial charge is 0.308 e. The molecule has 1 unspecified atom stereocenters. The van der Waals surface area contributed by atoms with Gasteiger partial charge in [0.1, 0.15) is 0 Å². The summed E-state index contributed by atoms with van der Waals surface area (Å²) in [6, 6.07) is 3.66. The summed E-state index contributed by atoms with van der Waals surface area (Å²) in [5.41, 5.74) is -0.445. The second-order valence-electron chi connectivity index (χ2n) is 9.75. The zero-order chi connectivity index (χ0) is 23.8. The summed E-state index contributed by atoms with van der Waals surface area (Å²) in [6.07, 6.45) is 5.42. The van der Waals surface area contributed by atoms with Crippen molar-refractivity contribution in [3.8, 4) is 0 Å². The van der Waals surface area contributed by atoms with Crippen LogP contribution in [0.3, 0.4) is 0 Å². The Hall–Kier alpha value is -2.68. The molecule has 4 fully saturated rings. The molecule has 4 saturated carbocycles. The zero-order valence-corrected chi connectivity index (χ0v) is 19.2. The highest BCUT2D eigenvalue weighted by atomic mass is 35.5. The number of rotatable bonds is 8. The van der Waals surface area contributed by atoms with E-state index in [1.54, 1.807) is 0 Å². The number of ether oxygens (including phenoxy) is 1. The van der Waals surface area contributed by atoms with Gasteiger partial charge in [-0.25, -0.2) is 0 Å². The molecule has 0 heterocycles. The lowest BCUT2D eigenvalue weighted by molar-refractivity contribution is -0.384. The van der Waals surface area contributed by atoms with Crippen LogP contribution in [0, 0.1) is 33.3 Å². The highest BCUT2D eigenvalue weighted by Gasteiger charge is 2.54. The van der Waals surface area contributed by atoms with Crippen molar-refractivity contribution in [2.45, 2.75) is 58.0 Å². The van der Waals surface area contributed by atoms with Crippen LogP contribution < -0.4 is 10.6 Å². The Morgan fingerprint density at radius 3 is 2.36 bits per heavy atom. The molecule has 178 valence electrons. The predicted octanol–water partition coefficient (Wildman–Crippen LogP) is 3.84. The van der Waals surface area contributed by atoms with Gasteiger partial charge in [0, 0.05) is 24.1 Å². The lowest BCUT2D eigenvalue weighted by Gasteiger charge is -2.55. The molecule has 10 heteroatoms. The molecular formula is C23H28ClN3O6. The molecular weight excluding hydrogens is 450 g/mol. The second-order valence-corrected chi connectivity index (χ2v) is 10.2. The average Bonchev–Trinajstić information content (AvgIpc) is 2.74. The number of nitrogens with zero attached hydrogens (tertiary/aromatic N) is 1. The number of carbonyl (C=O) groups is 3. The number of anilines is 1. The van der Waals surface area contributed by atoms with Crippen molar-refractivity contribution in [3.05, 3.63) is 33.3 Å². The molecule has 5 rings (SSSR count). The maximum atomic E-state index is 12.9. The summed E-state index contributed by atoms with van der Waals surface area (Å²) in [7, 11) is 0. The fourth-order valence-corrected chi connectivity index (χ4v) is 6.29. The van der Waals surface area contributed by atoms with Crippen molar-refractivity contribution in [3.63, 3.8) is 0 Å². The minimum Gasteiger partial charge on any atom is -0.452 e. The topological polar surface area (TPSA) is 128 Å². The van der Waals surface area contributed by atoms with Crippen LogP contribution in [0.2, 0.25) is 5.02 Å². The van der Waals surface area contributed by atoms with E-state index in [1.165, 1.54) is 38.3 Å². The van der Waals surface area contributed by atoms with Crippen molar-refractivity contribution in [1.29, 1.82) is 0 Å².